The minimum absolute atomic E-state index is 0. The Balaban J connectivity index is 0.000000342. The first-order valence-corrected chi connectivity index (χ1v) is 34.3. The van der Waals surface area contributed by atoms with Gasteiger partial charge in [-0.1, -0.05) is 342 Å². The molecule has 8 aromatic rings. The Morgan fingerprint density at radius 3 is 0.725 bits per heavy atom. The van der Waals surface area contributed by atoms with Crippen LogP contribution in [-0.4, -0.2) is 22.6 Å². The molecule has 0 heterocycles. The summed E-state index contributed by atoms with van der Waals surface area (Å²) in [5.74, 6) is 0. The van der Waals surface area contributed by atoms with Crippen molar-refractivity contribution < 1.29 is 33.0 Å². The summed E-state index contributed by atoms with van der Waals surface area (Å²) in [4.78, 5) is 0. The SMILES string of the molecule is CC(C)P(c1ccccc1[N-]c1ccccc1P(c1ccccc1)c1ccccc1)C(C)C.CC(C)P(c1ccccc1[N-]c1ccccc1P(c1ccccc1)c1ccccc1)C(C)C.[CH2-]CCCCC.[CH2-]CCCCC.[Ni+2].[Ni+2]. The summed E-state index contributed by atoms with van der Waals surface area (Å²) >= 11 is 0. The largest absolute Gasteiger partial charge is 2.00 e. The normalized spacial score (nSPS) is 10.8. The summed E-state index contributed by atoms with van der Waals surface area (Å²) in [6, 6.07) is 78.5. The Morgan fingerprint density at radius 1 is 0.300 bits per heavy atom. The van der Waals surface area contributed by atoms with Crippen LogP contribution in [0.4, 0.5) is 22.7 Å². The zero-order chi connectivity index (χ0) is 56.1. The number of rotatable bonds is 22. The molecule has 2 nitrogen and oxygen atoms in total. The third-order valence-electron chi connectivity index (χ3n) is 13.0. The summed E-state index contributed by atoms with van der Waals surface area (Å²) in [7, 11) is -1.99. The molecule has 0 aliphatic heterocycles. The monoisotopic (exact) mass is 1220 g/mol. The van der Waals surface area contributed by atoms with E-state index in [1.807, 2.05) is 0 Å². The average Bonchev–Trinajstić information content (AvgIpc) is 3.46. The molecule has 0 aromatic heterocycles. The van der Waals surface area contributed by atoms with Crippen molar-refractivity contribution in [1.29, 1.82) is 0 Å². The van der Waals surface area contributed by atoms with Crippen LogP contribution in [0.3, 0.4) is 0 Å². The third-order valence-corrected chi connectivity index (χ3v) is 24.3. The minimum Gasteiger partial charge on any atom is -0.657 e. The van der Waals surface area contributed by atoms with E-state index in [0.29, 0.717) is 22.6 Å². The number of benzene rings is 8. The number of para-hydroxylation sites is 4. The average molecular weight is 1220 g/mol. The van der Waals surface area contributed by atoms with Gasteiger partial charge in [0, 0.05) is 0 Å². The van der Waals surface area contributed by atoms with Gasteiger partial charge in [-0.25, -0.2) is 0 Å². The van der Waals surface area contributed by atoms with E-state index in [1.54, 1.807) is 0 Å². The van der Waals surface area contributed by atoms with Gasteiger partial charge in [-0.15, -0.1) is 22.7 Å². The summed E-state index contributed by atoms with van der Waals surface area (Å²) in [5, 5.41) is 21.5. The van der Waals surface area contributed by atoms with Crippen LogP contribution < -0.4 is 42.4 Å². The summed E-state index contributed by atoms with van der Waals surface area (Å²) in [6.45, 7) is 30.6. The predicted octanol–water partition coefficient (Wildman–Crippen LogP) is 20.2. The molecule has 0 aliphatic rings. The zero-order valence-electron chi connectivity index (χ0n) is 49.5. The van der Waals surface area contributed by atoms with Crippen molar-refractivity contribution in [2.75, 3.05) is 0 Å². The molecular weight excluding hydrogens is 1130 g/mol. The second kappa shape index (κ2) is 39.5. The van der Waals surface area contributed by atoms with Crippen molar-refractivity contribution in [2.24, 2.45) is 0 Å². The molecule has 0 atom stereocenters. The van der Waals surface area contributed by atoms with Gasteiger partial charge in [-0.3, -0.25) is 0 Å². The minimum atomic E-state index is -0.701. The van der Waals surface area contributed by atoms with Gasteiger partial charge in [-0.05, 0) is 80.9 Å². The zero-order valence-corrected chi connectivity index (χ0v) is 55.0. The summed E-state index contributed by atoms with van der Waals surface area (Å²) in [5.41, 5.74) is 6.88. The van der Waals surface area contributed by atoms with E-state index in [1.165, 1.54) is 81.0 Å². The summed E-state index contributed by atoms with van der Waals surface area (Å²) in [6.07, 6.45) is 10.1. The van der Waals surface area contributed by atoms with Gasteiger partial charge in [0.15, 0.2) is 0 Å². The molecule has 8 heteroatoms. The van der Waals surface area contributed by atoms with Gasteiger partial charge in [0.25, 0.3) is 0 Å². The van der Waals surface area contributed by atoms with Crippen molar-refractivity contribution in [3.05, 3.63) is 243 Å². The van der Waals surface area contributed by atoms with Crippen LogP contribution in [0.5, 0.6) is 0 Å². The van der Waals surface area contributed by atoms with E-state index < -0.39 is 15.8 Å². The van der Waals surface area contributed by atoms with E-state index in [-0.39, 0.29) is 48.8 Å². The van der Waals surface area contributed by atoms with E-state index in [2.05, 4.69) is 301 Å². The van der Waals surface area contributed by atoms with Crippen LogP contribution in [0.1, 0.15) is 121 Å². The van der Waals surface area contributed by atoms with Gasteiger partial charge in [-0.2, -0.15) is 12.8 Å². The molecule has 8 rings (SSSR count). The number of nitrogens with zero attached hydrogens (tertiary/aromatic N) is 2. The molecule has 0 bridgehead atoms. The fourth-order valence-corrected chi connectivity index (χ4v) is 20.3. The molecule has 0 unspecified atom stereocenters. The molecule has 0 N–H and O–H groups in total. The van der Waals surface area contributed by atoms with Crippen molar-refractivity contribution >= 4 is 96.9 Å². The maximum Gasteiger partial charge on any atom is 2.00 e. The van der Waals surface area contributed by atoms with Crippen LogP contribution in [-0.2, 0) is 33.0 Å². The number of unbranched alkanes of at least 4 members (excludes halogenated alkanes) is 6. The predicted molar refractivity (Wildman–Crippen MR) is 361 cm³/mol. The standard InChI is InChI=1S/2C30H32NP2.2C6H13.2Ni/c2*1-23(2)32(24(3)4)29-21-13-11-19-27(29)31-28-20-12-14-22-30(28)33(25-15-7-5-8-16-25)26-17-9-6-10-18-26;2*1-3-5-6-4-2;;/h2*5-24H,1-4H3;2*1,3-6H2,2H3;;/q4*-1;2*+2. The van der Waals surface area contributed by atoms with Gasteiger partial charge in [0.1, 0.15) is 0 Å². The van der Waals surface area contributed by atoms with Crippen LogP contribution in [0.2, 0.25) is 0 Å². The maximum absolute atomic E-state index is 5.33. The van der Waals surface area contributed by atoms with Crippen molar-refractivity contribution in [3.8, 4) is 0 Å². The molecule has 0 spiro atoms. The number of hydrogen-bond acceptors (Lipinski definition) is 0. The quantitative estimate of drug-likeness (QED) is 0.0280. The van der Waals surface area contributed by atoms with E-state index in [0.717, 1.165) is 35.6 Å². The van der Waals surface area contributed by atoms with Crippen molar-refractivity contribution in [2.45, 2.75) is 143 Å². The molecule has 0 saturated heterocycles. The second-order valence-corrected chi connectivity index (χ2v) is 31.6. The molecule has 0 radical (unpaired) electrons. The molecule has 0 fully saturated rings. The smallest absolute Gasteiger partial charge is 0.657 e. The van der Waals surface area contributed by atoms with Gasteiger partial charge in [0.05, 0.1) is 0 Å². The first-order valence-electron chi connectivity index (χ1n) is 28.7. The Labute approximate surface area is 512 Å². The van der Waals surface area contributed by atoms with Gasteiger partial charge in [0.2, 0.25) is 0 Å². The van der Waals surface area contributed by atoms with Crippen molar-refractivity contribution in [1.82, 2.24) is 0 Å². The molecule has 0 aliphatic carbocycles. The van der Waals surface area contributed by atoms with Crippen LogP contribution in [0, 0.1) is 13.8 Å². The van der Waals surface area contributed by atoms with E-state index in [4.69, 9.17) is 10.6 Å². The third kappa shape index (κ3) is 22.0. The Hall–Kier alpha value is -3.93. The molecule has 80 heavy (non-hydrogen) atoms. The summed E-state index contributed by atoms with van der Waals surface area (Å²) < 4.78 is 0. The van der Waals surface area contributed by atoms with Gasteiger partial charge < -0.3 is 24.5 Å². The first kappa shape index (κ1) is 70.3. The molecular formula is C72H90N2Ni2P4. The fourth-order valence-electron chi connectivity index (χ4n) is 9.63. The fraction of sp³-hybridized carbons (Fsp3) is 0.306. The van der Waals surface area contributed by atoms with Crippen LogP contribution >= 0.6 is 31.7 Å². The maximum atomic E-state index is 5.33. The first-order chi connectivity index (χ1) is 37.9. The Kier molecular flexibility index (Phi) is 34.8. The van der Waals surface area contributed by atoms with E-state index in [9.17, 15) is 0 Å². The van der Waals surface area contributed by atoms with E-state index >= 15 is 0 Å². The second-order valence-electron chi connectivity index (χ2n) is 20.5. The topological polar surface area (TPSA) is 28.2 Å². The Morgan fingerprint density at radius 2 is 0.512 bits per heavy atom. The van der Waals surface area contributed by atoms with Crippen LogP contribution in [0.25, 0.3) is 10.6 Å². The van der Waals surface area contributed by atoms with Gasteiger partial charge >= 0.3 is 33.0 Å². The van der Waals surface area contributed by atoms with Crippen LogP contribution in [0.15, 0.2) is 218 Å². The van der Waals surface area contributed by atoms with Crippen molar-refractivity contribution in [3.63, 3.8) is 0 Å². The molecule has 0 amide bonds. The molecule has 428 valence electrons. The Bertz CT molecular complexity index is 2550. The molecule has 0 saturated carbocycles. The number of hydrogen-bond donors (Lipinski definition) is 0. The molecule has 8 aromatic carbocycles.